The van der Waals surface area contributed by atoms with E-state index in [1.54, 1.807) is 41.2 Å². The maximum atomic E-state index is 14.1. The molecule has 0 aliphatic heterocycles. The van der Waals surface area contributed by atoms with Crippen molar-refractivity contribution >= 4 is 17.0 Å². The number of hydrogen-bond donors (Lipinski definition) is 1. The summed E-state index contributed by atoms with van der Waals surface area (Å²) < 4.78 is 21.6. The van der Waals surface area contributed by atoms with Gasteiger partial charge in [-0.05, 0) is 30.7 Å². The van der Waals surface area contributed by atoms with Crippen LogP contribution in [0.2, 0.25) is 0 Å². The lowest BCUT2D eigenvalue weighted by atomic mass is 10.2. The summed E-state index contributed by atoms with van der Waals surface area (Å²) in [5, 5.41) is 2.90. The monoisotopic (exact) mass is 363 g/mol. The Morgan fingerprint density at radius 3 is 2.74 bits per heavy atom. The number of amides is 1. The Balaban J connectivity index is 1.66. The molecule has 0 aliphatic carbocycles. The number of fused-ring (bicyclic) bond motifs is 1. The van der Waals surface area contributed by atoms with Gasteiger partial charge in [0.15, 0.2) is 5.58 Å². The molecule has 4 rings (SSSR count). The van der Waals surface area contributed by atoms with Crippen LogP contribution in [0.5, 0.6) is 0 Å². The maximum absolute atomic E-state index is 14.1. The Bertz CT molecular complexity index is 1100. The number of carbonyl (C=O) groups is 1. The van der Waals surface area contributed by atoms with Crippen LogP contribution in [0.4, 0.5) is 4.39 Å². The van der Waals surface area contributed by atoms with Gasteiger partial charge in [-0.3, -0.25) is 9.78 Å². The molecule has 27 heavy (non-hydrogen) atoms. The van der Waals surface area contributed by atoms with E-state index in [-0.39, 0.29) is 18.3 Å². The maximum Gasteiger partial charge on any atom is 0.268 e. The third-order valence-corrected chi connectivity index (χ3v) is 4.43. The number of hydrogen-bond acceptors (Lipinski definition) is 3. The van der Waals surface area contributed by atoms with Gasteiger partial charge in [0.1, 0.15) is 17.3 Å². The highest BCUT2D eigenvalue weighted by Gasteiger charge is 2.19. The fourth-order valence-corrected chi connectivity index (χ4v) is 3.09. The summed E-state index contributed by atoms with van der Waals surface area (Å²) in [6.07, 6.45) is 3.36. The van der Waals surface area contributed by atoms with Crippen molar-refractivity contribution in [2.45, 2.75) is 20.0 Å². The van der Waals surface area contributed by atoms with Gasteiger partial charge in [0.25, 0.3) is 5.91 Å². The van der Waals surface area contributed by atoms with Gasteiger partial charge in [-0.2, -0.15) is 0 Å². The van der Waals surface area contributed by atoms with Crippen molar-refractivity contribution in [2.24, 2.45) is 0 Å². The summed E-state index contributed by atoms with van der Waals surface area (Å²) in [5.74, 6) is 0.195. The molecule has 1 aromatic carbocycles. The molecule has 3 heterocycles. The van der Waals surface area contributed by atoms with Crippen LogP contribution in [-0.4, -0.2) is 15.5 Å². The number of nitrogens with one attached hydrogen (secondary N) is 1. The van der Waals surface area contributed by atoms with Gasteiger partial charge >= 0.3 is 0 Å². The fraction of sp³-hybridized carbons (Fsp3) is 0.143. The largest absolute Gasteiger partial charge is 0.460 e. The quantitative estimate of drug-likeness (QED) is 0.582. The first kappa shape index (κ1) is 17.0. The Kier molecular flexibility index (Phi) is 4.46. The van der Waals surface area contributed by atoms with E-state index in [1.165, 1.54) is 6.07 Å². The highest BCUT2D eigenvalue weighted by Crippen LogP contribution is 2.25. The first-order valence-electron chi connectivity index (χ1n) is 8.62. The van der Waals surface area contributed by atoms with Gasteiger partial charge in [0.2, 0.25) is 0 Å². The molecule has 136 valence electrons. The normalized spacial score (nSPS) is 11.0. The third-order valence-electron chi connectivity index (χ3n) is 4.43. The van der Waals surface area contributed by atoms with Crippen molar-refractivity contribution in [3.8, 4) is 0 Å². The lowest BCUT2D eigenvalue weighted by Gasteiger charge is -2.11. The van der Waals surface area contributed by atoms with Crippen molar-refractivity contribution < 1.29 is 13.6 Å². The number of nitrogens with zero attached hydrogens (tertiary/aromatic N) is 2. The zero-order chi connectivity index (χ0) is 18.8. The number of benzene rings is 1. The van der Waals surface area contributed by atoms with Gasteiger partial charge in [-0.15, -0.1) is 0 Å². The number of furan rings is 1. The van der Waals surface area contributed by atoms with E-state index < -0.39 is 0 Å². The molecule has 0 spiro atoms. The topological polar surface area (TPSA) is 60.1 Å². The van der Waals surface area contributed by atoms with Crippen LogP contribution >= 0.6 is 0 Å². The van der Waals surface area contributed by atoms with Crippen LogP contribution in [-0.2, 0) is 13.1 Å². The molecule has 0 bridgehead atoms. The average Bonchev–Trinajstić information content (AvgIpc) is 3.19. The summed E-state index contributed by atoms with van der Waals surface area (Å²) in [6, 6.07) is 13.8. The zero-order valence-electron chi connectivity index (χ0n) is 14.8. The number of pyridine rings is 1. The molecule has 0 saturated heterocycles. The molecule has 0 fully saturated rings. The lowest BCUT2D eigenvalue weighted by molar-refractivity contribution is 0.0942. The second-order valence-corrected chi connectivity index (χ2v) is 6.35. The minimum atomic E-state index is -0.303. The third kappa shape index (κ3) is 3.46. The first-order chi connectivity index (χ1) is 13.1. The first-order valence-corrected chi connectivity index (χ1v) is 8.62. The van der Waals surface area contributed by atoms with E-state index in [0.29, 0.717) is 23.4 Å². The molecule has 5 nitrogen and oxygen atoms in total. The van der Waals surface area contributed by atoms with Crippen LogP contribution < -0.4 is 5.32 Å². The van der Waals surface area contributed by atoms with Gasteiger partial charge in [-0.25, -0.2) is 4.39 Å². The van der Waals surface area contributed by atoms with Crippen LogP contribution in [0.3, 0.4) is 0 Å². The van der Waals surface area contributed by atoms with Gasteiger partial charge in [0.05, 0.1) is 12.1 Å². The number of carbonyl (C=O) groups excluding carboxylic acids is 1. The minimum absolute atomic E-state index is 0.243. The van der Waals surface area contributed by atoms with E-state index in [1.807, 2.05) is 25.1 Å². The van der Waals surface area contributed by atoms with Gasteiger partial charge < -0.3 is 14.3 Å². The van der Waals surface area contributed by atoms with E-state index in [9.17, 15) is 9.18 Å². The van der Waals surface area contributed by atoms with Crippen molar-refractivity contribution in [1.82, 2.24) is 14.9 Å². The average molecular weight is 363 g/mol. The summed E-state index contributed by atoms with van der Waals surface area (Å²) in [7, 11) is 0. The molecular weight excluding hydrogens is 345 g/mol. The second-order valence-electron chi connectivity index (χ2n) is 6.35. The predicted octanol–water partition coefficient (Wildman–Crippen LogP) is 4.06. The molecule has 0 radical (unpaired) electrons. The molecule has 4 aromatic rings. The number of halogens is 1. The number of aromatic nitrogens is 2. The van der Waals surface area contributed by atoms with E-state index in [0.717, 1.165) is 16.8 Å². The second kappa shape index (κ2) is 7.07. The number of aryl methyl sites for hydroxylation is 1. The Hall–Kier alpha value is -3.41. The van der Waals surface area contributed by atoms with Gasteiger partial charge in [-0.1, -0.05) is 18.2 Å². The van der Waals surface area contributed by atoms with E-state index >= 15 is 0 Å². The SMILES string of the molecule is Cc1cc2c(cc(C(=O)NCc3ccncc3)n2Cc2ccccc2F)o1. The Morgan fingerprint density at radius 1 is 1.19 bits per heavy atom. The van der Waals surface area contributed by atoms with Gasteiger partial charge in [0, 0.05) is 36.6 Å². The molecule has 0 aliphatic rings. The number of rotatable bonds is 5. The minimum Gasteiger partial charge on any atom is -0.460 e. The van der Waals surface area contributed by atoms with E-state index in [4.69, 9.17) is 4.42 Å². The Labute approximate surface area is 155 Å². The van der Waals surface area contributed by atoms with Crippen LogP contribution in [0, 0.1) is 12.7 Å². The zero-order valence-corrected chi connectivity index (χ0v) is 14.8. The molecule has 0 atom stereocenters. The van der Waals surface area contributed by atoms with Crippen molar-refractivity contribution in [3.05, 3.63) is 89.3 Å². The van der Waals surface area contributed by atoms with Crippen molar-refractivity contribution in [2.75, 3.05) is 0 Å². The molecule has 3 aromatic heterocycles. The highest BCUT2D eigenvalue weighted by atomic mass is 19.1. The van der Waals surface area contributed by atoms with Crippen LogP contribution in [0.25, 0.3) is 11.1 Å². The molecule has 1 N–H and O–H groups in total. The van der Waals surface area contributed by atoms with Crippen LogP contribution in [0.1, 0.15) is 27.4 Å². The van der Waals surface area contributed by atoms with Crippen molar-refractivity contribution in [1.29, 1.82) is 0 Å². The molecule has 6 heteroatoms. The highest BCUT2D eigenvalue weighted by molar-refractivity contribution is 5.97. The summed E-state index contributed by atoms with van der Waals surface area (Å²) >= 11 is 0. The van der Waals surface area contributed by atoms with E-state index in [2.05, 4.69) is 10.3 Å². The van der Waals surface area contributed by atoms with Crippen LogP contribution in [0.15, 0.2) is 65.3 Å². The lowest BCUT2D eigenvalue weighted by Crippen LogP contribution is -2.25. The summed E-state index contributed by atoms with van der Waals surface area (Å²) in [4.78, 5) is 16.7. The Morgan fingerprint density at radius 2 is 1.96 bits per heavy atom. The fourth-order valence-electron chi connectivity index (χ4n) is 3.09. The predicted molar refractivity (Wildman–Crippen MR) is 99.9 cm³/mol. The smallest absolute Gasteiger partial charge is 0.268 e. The van der Waals surface area contributed by atoms with Crippen molar-refractivity contribution in [3.63, 3.8) is 0 Å². The molecule has 0 saturated carbocycles. The summed E-state index contributed by atoms with van der Waals surface area (Å²) in [6.45, 7) is 2.47. The molecule has 0 unspecified atom stereocenters. The standard InChI is InChI=1S/C21H18FN3O2/c1-14-10-18-20(27-14)11-19(21(26)24-12-15-6-8-23-9-7-15)25(18)13-16-4-2-3-5-17(16)22/h2-11H,12-13H2,1H3,(H,24,26). The molecular formula is C21H18FN3O2. The summed E-state index contributed by atoms with van der Waals surface area (Å²) in [5.41, 5.74) is 3.27. The molecule has 1 amide bonds.